The number of halogens is 1. The van der Waals surface area contributed by atoms with Crippen molar-refractivity contribution >= 4 is 27.8 Å². The Kier molecular flexibility index (Phi) is 4.18. The third kappa shape index (κ3) is 3.03. The minimum absolute atomic E-state index is 0.0147. The van der Waals surface area contributed by atoms with E-state index in [0.717, 1.165) is 16.5 Å². The summed E-state index contributed by atoms with van der Waals surface area (Å²) in [6.45, 7) is 6.49. The highest BCUT2D eigenvalue weighted by atomic mass is 79.9. The second-order valence-electron chi connectivity index (χ2n) is 5.92. The number of hydrogen-bond acceptors (Lipinski definition) is 2. The van der Waals surface area contributed by atoms with Crippen molar-refractivity contribution in [3.05, 3.63) is 34.3 Å². The van der Waals surface area contributed by atoms with E-state index in [9.17, 15) is 4.79 Å². The molecule has 1 aromatic rings. The minimum atomic E-state index is -0.652. The third-order valence-electron chi connectivity index (χ3n) is 3.45. The van der Waals surface area contributed by atoms with E-state index in [-0.39, 0.29) is 11.9 Å². The van der Waals surface area contributed by atoms with E-state index in [2.05, 4.69) is 35.1 Å². The van der Waals surface area contributed by atoms with Crippen LogP contribution in [0.5, 0.6) is 0 Å². The van der Waals surface area contributed by atoms with Crippen molar-refractivity contribution in [2.75, 3.05) is 0 Å². The quantitative estimate of drug-likeness (QED) is 0.886. The highest BCUT2D eigenvalue weighted by Gasteiger charge is 2.45. The summed E-state index contributed by atoms with van der Waals surface area (Å²) in [5.41, 5.74) is 0.363. The van der Waals surface area contributed by atoms with Gasteiger partial charge in [0, 0.05) is 4.47 Å². The molecule has 1 heterocycles. The average molecular weight is 338 g/mol. The summed E-state index contributed by atoms with van der Waals surface area (Å²) in [7, 11) is 0. The minimum Gasteiger partial charge on any atom is -0.342 e. The Hall–Kier alpha value is -1.36. The first-order valence-corrected chi connectivity index (χ1v) is 7.54. The topological polar surface area (TPSA) is 56.2 Å². The molecule has 1 aliphatic rings. The number of hydrogen-bond donors (Lipinski definition) is 2. The first-order valence-electron chi connectivity index (χ1n) is 6.75. The van der Waals surface area contributed by atoms with Crippen molar-refractivity contribution in [2.45, 2.75) is 39.3 Å². The van der Waals surface area contributed by atoms with E-state index in [1.54, 1.807) is 0 Å². The Labute approximate surface area is 128 Å². The number of amides is 1. The maximum absolute atomic E-state index is 12.6. The number of carbonyl (C=O) groups excluding carboxylic acids is 1. The summed E-state index contributed by atoms with van der Waals surface area (Å²) in [5.74, 6) is 0.581. The number of nitrogens with one attached hydrogen (secondary N) is 2. The van der Waals surface area contributed by atoms with Crippen molar-refractivity contribution in [1.29, 1.82) is 5.41 Å². The van der Waals surface area contributed by atoms with Crippen LogP contribution in [0.1, 0.15) is 32.8 Å². The molecular formula is C15H20BrN3O. The Bertz CT molecular complexity index is 526. The molecule has 1 fully saturated rings. The lowest BCUT2D eigenvalue weighted by Gasteiger charge is -2.24. The fraction of sp³-hybridized carbons (Fsp3) is 0.467. The van der Waals surface area contributed by atoms with Gasteiger partial charge < -0.3 is 5.32 Å². The van der Waals surface area contributed by atoms with Crippen molar-refractivity contribution in [2.24, 2.45) is 5.92 Å². The number of benzene rings is 1. The lowest BCUT2D eigenvalue weighted by atomic mass is 9.91. The molecule has 1 saturated heterocycles. The Morgan fingerprint density at radius 3 is 2.50 bits per heavy atom. The molecule has 20 heavy (non-hydrogen) atoms. The van der Waals surface area contributed by atoms with Gasteiger partial charge in [0.05, 0.1) is 6.54 Å². The molecule has 1 amide bonds. The monoisotopic (exact) mass is 337 g/mol. The van der Waals surface area contributed by atoms with Crippen molar-refractivity contribution < 1.29 is 4.79 Å². The van der Waals surface area contributed by atoms with Gasteiger partial charge in [0.2, 0.25) is 0 Å². The molecule has 0 aromatic heterocycles. The van der Waals surface area contributed by atoms with Gasteiger partial charge in [-0.3, -0.25) is 15.1 Å². The Morgan fingerprint density at radius 2 is 1.95 bits per heavy atom. The molecule has 0 bridgehead atoms. The third-order valence-corrected chi connectivity index (χ3v) is 3.98. The van der Waals surface area contributed by atoms with Crippen LogP contribution in [-0.2, 0) is 11.3 Å². The zero-order valence-electron chi connectivity index (χ0n) is 12.0. The van der Waals surface area contributed by atoms with Gasteiger partial charge in [-0.15, -0.1) is 0 Å². The lowest BCUT2D eigenvalue weighted by Crippen LogP contribution is -2.44. The van der Waals surface area contributed by atoms with Crippen LogP contribution in [0.4, 0.5) is 0 Å². The highest BCUT2D eigenvalue weighted by molar-refractivity contribution is 9.10. The number of rotatable bonds is 4. The zero-order valence-corrected chi connectivity index (χ0v) is 13.6. The molecule has 1 aliphatic heterocycles. The summed E-state index contributed by atoms with van der Waals surface area (Å²) >= 11 is 3.39. The fourth-order valence-corrected chi connectivity index (χ4v) is 2.92. The van der Waals surface area contributed by atoms with E-state index in [1.807, 2.05) is 31.2 Å². The molecule has 5 heteroatoms. The summed E-state index contributed by atoms with van der Waals surface area (Å²) < 4.78 is 1.01. The van der Waals surface area contributed by atoms with Gasteiger partial charge in [-0.1, -0.05) is 41.9 Å². The normalized spacial score (nSPS) is 22.6. The summed E-state index contributed by atoms with van der Waals surface area (Å²) in [6.07, 6.45) is 0.727. The maximum Gasteiger partial charge on any atom is 0.255 e. The van der Waals surface area contributed by atoms with Gasteiger partial charge in [0.15, 0.2) is 5.96 Å². The van der Waals surface area contributed by atoms with Gasteiger partial charge in [-0.05, 0) is 37.0 Å². The molecule has 1 aromatic carbocycles. The fourth-order valence-electron chi connectivity index (χ4n) is 2.66. The molecule has 2 N–H and O–H groups in total. The van der Waals surface area contributed by atoms with Crippen LogP contribution >= 0.6 is 15.9 Å². The van der Waals surface area contributed by atoms with Crippen LogP contribution in [0.15, 0.2) is 28.7 Å². The van der Waals surface area contributed by atoms with Crippen LogP contribution < -0.4 is 5.32 Å². The Morgan fingerprint density at radius 1 is 1.35 bits per heavy atom. The van der Waals surface area contributed by atoms with Crippen molar-refractivity contribution in [3.8, 4) is 0 Å². The Balaban J connectivity index is 2.15. The standard InChI is InChI=1S/C15H20BrN3O/c1-10(2)8-15(3)13(20)19(14(17)18-15)9-11-4-6-12(16)7-5-11/h4-7,10H,8-9H2,1-3H3,(H2,17,18). The van der Waals surface area contributed by atoms with Crippen LogP contribution in [0.3, 0.4) is 0 Å². The molecule has 1 unspecified atom stereocenters. The predicted molar refractivity (Wildman–Crippen MR) is 83.4 cm³/mol. The van der Waals surface area contributed by atoms with Crippen LogP contribution in [-0.4, -0.2) is 22.3 Å². The highest BCUT2D eigenvalue weighted by Crippen LogP contribution is 2.26. The molecule has 1 atom stereocenters. The van der Waals surface area contributed by atoms with E-state index >= 15 is 0 Å². The lowest BCUT2D eigenvalue weighted by molar-refractivity contribution is -0.131. The second-order valence-corrected chi connectivity index (χ2v) is 6.84. The van der Waals surface area contributed by atoms with E-state index in [1.165, 1.54) is 4.90 Å². The van der Waals surface area contributed by atoms with Crippen molar-refractivity contribution in [3.63, 3.8) is 0 Å². The molecule has 0 aliphatic carbocycles. The van der Waals surface area contributed by atoms with Crippen LogP contribution in [0.25, 0.3) is 0 Å². The van der Waals surface area contributed by atoms with Crippen molar-refractivity contribution in [1.82, 2.24) is 10.2 Å². The SMILES string of the molecule is CC(C)CC1(C)NC(=N)N(Cc2ccc(Br)cc2)C1=O. The summed E-state index contributed by atoms with van der Waals surface area (Å²) in [6, 6.07) is 7.81. The molecule has 0 saturated carbocycles. The predicted octanol–water partition coefficient (Wildman–Crippen LogP) is 3.12. The number of guanidine groups is 1. The first kappa shape index (κ1) is 15.0. The molecule has 4 nitrogen and oxygen atoms in total. The summed E-state index contributed by atoms with van der Waals surface area (Å²) in [4.78, 5) is 14.1. The van der Waals surface area contributed by atoms with Crippen LogP contribution in [0, 0.1) is 11.3 Å². The smallest absolute Gasteiger partial charge is 0.255 e. The van der Waals surface area contributed by atoms with Gasteiger partial charge in [-0.2, -0.15) is 0 Å². The van der Waals surface area contributed by atoms with Gasteiger partial charge in [0.25, 0.3) is 5.91 Å². The molecular weight excluding hydrogens is 318 g/mol. The molecule has 2 rings (SSSR count). The van der Waals surface area contributed by atoms with E-state index in [0.29, 0.717) is 12.5 Å². The zero-order chi connectivity index (χ0) is 14.9. The first-order chi connectivity index (χ1) is 9.32. The average Bonchev–Trinajstić information content (AvgIpc) is 2.54. The van der Waals surface area contributed by atoms with E-state index in [4.69, 9.17) is 5.41 Å². The van der Waals surface area contributed by atoms with Gasteiger partial charge in [-0.25, -0.2) is 0 Å². The largest absolute Gasteiger partial charge is 0.342 e. The maximum atomic E-state index is 12.6. The summed E-state index contributed by atoms with van der Waals surface area (Å²) in [5, 5.41) is 11.1. The second kappa shape index (κ2) is 5.56. The van der Waals surface area contributed by atoms with Crippen LogP contribution in [0.2, 0.25) is 0 Å². The molecule has 108 valence electrons. The number of nitrogens with zero attached hydrogens (tertiary/aromatic N) is 1. The molecule has 0 spiro atoms. The van der Waals surface area contributed by atoms with Gasteiger partial charge in [0.1, 0.15) is 5.54 Å². The number of carbonyl (C=O) groups is 1. The molecule has 0 radical (unpaired) electrons. The van der Waals surface area contributed by atoms with Gasteiger partial charge >= 0.3 is 0 Å². The van der Waals surface area contributed by atoms with E-state index < -0.39 is 5.54 Å².